The molecule has 2 aromatic carbocycles. The Morgan fingerprint density at radius 2 is 1.76 bits per heavy atom. The molecule has 2 aromatic rings. The number of halogens is 1. The van der Waals surface area contributed by atoms with E-state index >= 15 is 0 Å². The molecule has 21 heavy (non-hydrogen) atoms. The van der Waals surface area contributed by atoms with Gasteiger partial charge in [0.25, 0.3) is 6.02 Å². The molecule has 1 aliphatic heterocycles. The minimum absolute atomic E-state index is 0.00903. The minimum Gasteiger partial charge on any atom is -0.457 e. The van der Waals surface area contributed by atoms with Gasteiger partial charge in [0.15, 0.2) is 0 Å². The van der Waals surface area contributed by atoms with E-state index in [1.807, 2.05) is 68.4 Å². The molecule has 0 saturated carbocycles. The van der Waals surface area contributed by atoms with Gasteiger partial charge in [-0.05, 0) is 32.0 Å². The van der Waals surface area contributed by atoms with Gasteiger partial charge < -0.3 is 10.1 Å². The number of anilines is 1. The van der Waals surface area contributed by atoms with Gasteiger partial charge in [0, 0.05) is 22.8 Å². The molecule has 4 heteroatoms. The monoisotopic (exact) mass is 302 g/mol. The molecular weight excluding hydrogens is 284 g/mol. The van der Waals surface area contributed by atoms with Crippen LogP contribution in [0.3, 0.4) is 0 Å². The molecule has 1 aliphatic rings. The van der Waals surface area contributed by atoms with Crippen LogP contribution in [0.5, 0.6) is 0 Å². The summed E-state index contributed by atoms with van der Waals surface area (Å²) in [5.74, 6) is 0. The van der Waals surface area contributed by atoms with E-state index in [-0.39, 0.29) is 6.10 Å². The normalized spacial score (nSPS) is 17.9. The lowest BCUT2D eigenvalue weighted by Gasteiger charge is -2.26. The second-order valence-corrected chi connectivity index (χ2v) is 4.99. The van der Waals surface area contributed by atoms with Gasteiger partial charge in [-0.3, -0.25) is 0 Å². The molecule has 3 rings (SSSR count). The number of ether oxygens (including phenoxy) is 1. The Morgan fingerprint density at radius 1 is 1.14 bits per heavy atom. The lowest BCUT2D eigenvalue weighted by Crippen LogP contribution is -2.25. The Bertz CT molecular complexity index is 572. The van der Waals surface area contributed by atoms with Crippen molar-refractivity contribution < 1.29 is 4.74 Å². The van der Waals surface area contributed by atoms with Crippen molar-refractivity contribution in [1.82, 2.24) is 0 Å². The highest BCUT2D eigenvalue weighted by Crippen LogP contribution is 2.32. The molecule has 1 N–H and O–H groups in total. The van der Waals surface area contributed by atoms with E-state index in [0.29, 0.717) is 12.6 Å². The van der Waals surface area contributed by atoms with Gasteiger partial charge >= 0.3 is 0 Å². The molecule has 1 unspecified atom stereocenters. The summed E-state index contributed by atoms with van der Waals surface area (Å²) in [6.45, 7) is 4.67. The molecule has 3 nitrogen and oxygen atoms in total. The zero-order chi connectivity index (χ0) is 15.1. The third-order valence-corrected chi connectivity index (χ3v) is 3.19. The highest BCUT2D eigenvalue weighted by molar-refractivity contribution is 6.30. The Kier molecular flexibility index (Phi) is 5.64. The first-order valence-electron chi connectivity index (χ1n) is 6.98. The number of hydrogen-bond donors (Lipinski definition) is 1. The third kappa shape index (κ3) is 4.50. The van der Waals surface area contributed by atoms with Crippen molar-refractivity contribution in [2.24, 2.45) is 4.99 Å². The average molecular weight is 303 g/mol. The van der Waals surface area contributed by atoms with Crippen molar-refractivity contribution in [3.8, 4) is 0 Å². The van der Waals surface area contributed by atoms with Gasteiger partial charge in [-0.25, -0.2) is 4.99 Å². The van der Waals surface area contributed by atoms with Crippen molar-refractivity contribution in [1.29, 1.82) is 0 Å². The van der Waals surface area contributed by atoms with E-state index in [4.69, 9.17) is 16.3 Å². The van der Waals surface area contributed by atoms with E-state index in [2.05, 4.69) is 10.3 Å². The van der Waals surface area contributed by atoms with Crippen LogP contribution in [0.15, 0.2) is 59.6 Å². The number of rotatable bonds is 1. The SMILES string of the molecule is CCN=C1Nc2ccc(Cl)cc2C(C)O1.c1ccccc1. The maximum Gasteiger partial charge on any atom is 0.289 e. The number of fused-ring (bicyclic) bond motifs is 1. The highest BCUT2D eigenvalue weighted by Gasteiger charge is 2.21. The number of nitrogens with zero attached hydrogens (tertiary/aromatic N) is 1. The molecule has 1 atom stereocenters. The van der Waals surface area contributed by atoms with E-state index < -0.39 is 0 Å². The quantitative estimate of drug-likeness (QED) is 0.812. The minimum atomic E-state index is -0.00903. The maximum absolute atomic E-state index is 5.93. The fourth-order valence-corrected chi connectivity index (χ4v) is 2.15. The van der Waals surface area contributed by atoms with Crippen molar-refractivity contribution in [3.63, 3.8) is 0 Å². The van der Waals surface area contributed by atoms with Crippen LogP contribution in [0.2, 0.25) is 5.02 Å². The van der Waals surface area contributed by atoms with E-state index in [9.17, 15) is 0 Å². The first-order valence-corrected chi connectivity index (χ1v) is 7.36. The van der Waals surface area contributed by atoms with E-state index in [1.165, 1.54) is 0 Å². The van der Waals surface area contributed by atoms with E-state index in [1.54, 1.807) is 0 Å². The molecule has 0 bridgehead atoms. The first-order chi connectivity index (χ1) is 10.2. The second kappa shape index (κ2) is 7.70. The van der Waals surface area contributed by atoms with Crippen LogP contribution in [0, 0.1) is 0 Å². The zero-order valence-electron chi connectivity index (χ0n) is 12.2. The molecule has 0 aromatic heterocycles. The largest absolute Gasteiger partial charge is 0.457 e. The van der Waals surface area contributed by atoms with Gasteiger partial charge in [0.05, 0.1) is 0 Å². The Labute approximate surface area is 130 Å². The third-order valence-electron chi connectivity index (χ3n) is 2.95. The second-order valence-electron chi connectivity index (χ2n) is 4.55. The van der Waals surface area contributed by atoms with Gasteiger partial charge in [-0.15, -0.1) is 0 Å². The number of nitrogens with one attached hydrogen (secondary N) is 1. The summed E-state index contributed by atoms with van der Waals surface area (Å²) < 4.78 is 5.59. The summed E-state index contributed by atoms with van der Waals surface area (Å²) in [7, 11) is 0. The summed E-state index contributed by atoms with van der Waals surface area (Å²) in [5, 5.41) is 3.85. The first kappa shape index (κ1) is 15.4. The Balaban J connectivity index is 0.000000225. The number of benzene rings is 2. The molecule has 110 valence electrons. The smallest absolute Gasteiger partial charge is 0.289 e. The van der Waals surface area contributed by atoms with Gasteiger partial charge in [-0.2, -0.15) is 0 Å². The summed E-state index contributed by atoms with van der Waals surface area (Å²) in [5.41, 5.74) is 2.09. The molecule has 0 fully saturated rings. The standard InChI is InChI=1S/C11H13ClN2O.C6H6/c1-3-13-11-14-10-5-4-8(12)6-9(10)7(2)15-11;1-2-4-6-5-3-1/h4-7H,3H2,1-2H3,(H,13,14);1-6H. The molecule has 0 radical (unpaired) electrons. The van der Waals surface area contributed by atoms with Crippen LogP contribution in [-0.4, -0.2) is 12.6 Å². The summed E-state index contributed by atoms with van der Waals surface area (Å²) in [6.07, 6.45) is -0.00903. The van der Waals surface area contributed by atoms with Crippen molar-refractivity contribution >= 4 is 23.3 Å². The van der Waals surface area contributed by atoms with Gasteiger partial charge in [-0.1, -0.05) is 48.0 Å². The van der Waals surface area contributed by atoms with Gasteiger partial charge in [0.1, 0.15) is 6.10 Å². The highest BCUT2D eigenvalue weighted by atomic mass is 35.5. The Morgan fingerprint density at radius 3 is 2.33 bits per heavy atom. The molecule has 1 heterocycles. The number of amidine groups is 1. The van der Waals surface area contributed by atoms with E-state index in [0.717, 1.165) is 16.3 Å². The van der Waals surface area contributed by atoms with Crippen LogP contribution in [0.4, 0.5) is 5.69 Å². The zero-order valence-corrected chi connectivity index (χ0v) is 13.0. The lowest BCUT2D eigenvalue weighted by molar-refractivity contribution is 0.206. The number of hydrogen-bond acceptors (Lipinski definition) is 2. The summed E-state index contributed by atoms with van der Waals surface area (Å²) in [4.78, 5) is 4.21. The van der Waals surface area contributed by atoms with Crippen LogP contribution < -0.4 is 5.32 Å². The fraction of sp³-hybridized carbons (Fsp3) is 0.235. The van der Waals surface area contributed by atoms with Gasteiger partial charge in [0.2, 0.25) is 0 Å². The molecule has 0 amide bonds. The Hall–Kier alpha value is -2.00. The lowest BCUT2D eigenvalue weighted by atomic mass is 10.1. The van der Waals surface area contributed by atoms with Crippen LogP contribution >= 0.6 is 11.6 Å². The summed E-state index contributed by atoms with van der Waals surface area (Å²) in [6, 6.07) is 18.3. The molecule has 0 spiro atoms. The van der Waals surface area contributed by atoms with Crippen molar-refractivity contribution in [2.45, 2.75) is 20.0 Å². The topological polar surface area (TPSA) is 33.6 Å². The molecule has 0 aliphatic carbocycles. The van der Waals surface area contributed by atoms with Crippen molar-refractivity contribution in [3.05, 3.63) is 65.2 Å². The molecular formula is C17H19ClN2O. The van der Waals surface area contributed by atoms with Crippen LogP contribution in [0.25, 0.3) is 0 Å². The number of aliphatic imine (C=N–C) groups is 1. The van der Waals surface area contributed by atoms with Crippen molar-refractivity contribution in [2.75, 3.05) is 11.9 Å². The predicted molar refractivity (Wildman–Crippen MR) is 89.0 cm³/mol. The average Bonchev–Trinajstić information content (AvgIpc) is 2.51. The van der Waals surface area contributed by atoms with Crippen LogP contribution in [-0.2, 0) is 4.74 Å². The fourth-order valence-electron chi connectivity index (χ4n) is 1.96. The maximum atomic E-state index is 5.93. The summed E-state index contributed by atoms with van der Waals surface area (Å²) >= 11 is 5.93. The molecule has 0 saturated heterocycles. The predicted octanol–water partition coefficient (Wildman–Crippen LogP) is 4.91. The van der Waals surface area contributed by atoms with Crippen LogP contribution in [0.1, 0.15) is 25.5 Å².